The third kappa shape index (κ3) is 0.918. The molecular weight excluding hydrogens is 164 g/mol. The van der Waals surface area contributed by atoms with Crippen molar-refractivity contribution in [2.75, 3.05) is 0 Å². The van der Waals surface area contributed by atoms with Crippen molar-refractivity contribution < 1.29 is 9.53 Å². The van der Waals surface area contributed by atoms with E-state index in [9.17, 15) is 4.79 Å². The number of fused-ring (bicyclic) bond motifs is 2. The SMILES string of the molecule is CC1(C)[C@@H]2CC[C@]1(C)C(O[C]=O)C2. The first-order chi connectivity index (χ1) is 6.02. The lowest BCUT2D eigenvalue weighted by molar-refractivity contribution is 0.0200. The Morgan fingerprint density at radius 2 is 2.08 bits per heavy atom. The zero-order chi connectivity index (χ0) is 9.69. The third-order valence-corrected chi connectivity index (χ3v) is 4.90. The lowest BCUT2D eigenvalue weighted by Gasteiger charge is -2.37. The fraction of sp³-hybridized carbons (Fsp3) is 0.909. The number of rotatable bonds is 2. The molecule has 0 aromatic heterocycles. The van der Waals surface area contributed by atoms with Crippen molar-refractivity contribution >= 4 is 6.47 Å². The van der Waals surface area contributed by atoms with Crippen LogP contribution in [0.15, 0.2) is 0 Å². The molecule has 1 radical (unpaired) electrons. The van der Waals surface area contributed by atoms with Gasteiger partial charge in [-0.15, -0.1) is 0 Å². The standard InChI is InChI=1S/C11H17O2/c1-10(2)8-4-5-11(10,3)9(6-8)13-7-12/h8-9H,4-6H2,1-3H3/t8-,9?,11-/m1/s1. The maximum absolute atomic E-state index is 10.2. The Morgan fingerprint density at radius 3 is 2.46 bits per heavy atom. The van der Waals surface area contributed by atoms with Crippen LogP contribution in [0.25, 0.3) is 0 Å². The second kappa shape index (κ2) is 2.49. The highest BCUT2D eigenvalue weighted by molar-refractivity contribution is 5.39. The summed E-state index contributed by atoms with van der Waals surface area (Å²) in [4.78, 5) is 10.2. The maximum atomic E-state index is 10.2. The lowest BCUT2D eigenvalue weighted by atomic mass is 9.70. The number of hydrogen-bond acceptors (Lipinski definition) is 2. The van der Waals surface area contributed by atoms with Crippen molar-refractivity contribution in [3.63, 3.8) is 0 Å². The van der Waals surface area contributed by atoms with E-state index in [-0.39, 0.29) is 11.5 Å². The molecule has 2 saturated carbocycles. The fourth-order valence-electron chi connectivity index (χ4n) is 3.37. The molecule has 0 saturated heterocycles. The maximum Gasteiger partial charge on any atom is 0.417 e. The first-order valence-electron chi connectivity index (χ1n) is 5.05. The molecule has 0 N–H and O–H groups in total. The van der Waals surface area contributed by atoms with Crippen molar-refractivity contribution in [3.8, 4) is 0 Å². The van der Waals surface area contributed by atoms with Gasteiger partial charge < -0.3 is 4.74 Å². The van der Waals surface area contributed by atoms with Crippen LogP contribution in [0.1, 0.15) is 40.0 Å². The largest absolute Gasteiger partial charge is 0.453 e. The van der Waals surface area contributed by atoms with Crippen molar-refractivity contribution in [3.05, 3.63) is 0 Å². The minimum absolute atomic E-state index is 0.110. The highest BCUT2D eigenvalue weighted by atomic mass is 16.5. The van der Waals surface area contributed by atoms with Gasteiger partial charge in [0.2, 0.25) is 0 Å². The van der Waals surface area contributed by atoms with Crippen molar-refractivity contribution in [2.45, 2.75) is 46.1 Å². The average molecular weight is 181 g/mol. The van der Waals surface area contributed by atoms with E-state index in [1.54, 1.807) is 6.47 Å². The molecule has 73 valence electrons. The minimum atomic E-state index is 0.110. The van der Waals surface area contributed by atoms with E-state index < -0.39 is 0 Å². The molecule has 2 bridgehead atoms. The van der Waals surface area contributed by atoms with Gasteiger partial charge in [0.05, 0.1) is 0 Å². The van der Waals surface area contributed by atoms with E-state index in [0.717, 1.165) is 12.3 Å². The summed E-state index contributed by atoms with van der Waals surface area (Å²) in [5.41, 5.74) is 0.517. The summed E-state index contributed by atoms with van der Waals surface area (Å²) in [5.74, 6) is 0.732. The molecule has 2 aliphatic rings. The Labute approximate surface area is 79.7 Å². The van der Waals surface area contributed by atoms with Crippen LogP contribution in [0.4, 0.5) is 0 Å². The van der Waals surface area contributed by atoms with E-state index >= 15 is 0 Å². The topological polar surface area (TPSA) is 26.3 Å². The Bertz CT molecular complexity index is 234. The van der Waals surface area contributed by atoms with E-state index in [1.165, 1.54) is 12.8 Å². The molecule has 2 rings (SSSR count). The van der Waals surface area contributed by atoms with Crippen molar-refractivity contribution in [2.24, 2.45) is 16.7 Å². The summed E-state index contributed by atoms with van der Waals surface area (Å²) < 4.78 is 5.07. The smallest absolute Gasteiger partial charge is 0.417 e. The number of carbonyl (C=O) groups excluding carboxylic acids is 1. The molecule has 0 heterocycles. The van der Waals surface area contributed by atoms with Gasteiger partial charge >= 0.3 is 6.47 Å². The van der Waals surface area contributed by atoms with E-state index in [0.29, 0.717) is 5.41 Å². The molecule has 0 aromatic carbocycles. The Morgan fingerprint density at radius 1 is 1.38 bits per heavy atom. The van der Waals surface area contributed by atoms with Crippen LogP contribution in [-0.2, 0) is 9.53 Å². The summed E-state index contributed by atoms with van der Waals surface area (Å²) in [6, 6.07) is 0. The monoisotopic (exact) mass is 181 g/mol. The van der Waals surface area contributed by atoms with Gasteiger partial charge in [0, 0.05) is 5.41 Å². The zero-order valence-corrected chi connectivity index (χ0v) is 8.59. The highest BCUT2D eigenvalue weighted by Gasteiger charge is 2.62. The second-order valence-corrected chi connectivity index (χ2v) is 5.30. The summed E-state index contributed by atoms with van der Waals surface area (Å²) in [5, 5.41) is 0. The number of ether oxygens (including phenoxy) is 1. The minimum Gasteiger partial charge on any atom is -0.453 e. The molecular formula is C11H17O2. The molecule has 3 atom stereocenters. The molecule has 2 nitrogen and oxygen atoms in total. The van der Waals surface area contributed by atoms with Gasteiger partial charge in [0.15, 0.2) is 0 Å². The molecule has 2 heteroatoms. The predicted octanol–water partition coefficient (Wildman–Crippen LogP) is 2.29. The van der Waals surface area contributed by atoms with Crippen LogP contribution in [-0.4, -0.2) is 12.6 Å². The quantitative estimate of drug-likeness (QED) is 0.653. The predicted molar refractivity (Wildman–Crippen MR) is 49.8 cm³/mol. The number of hydrogen-bond donors (Lipinski definition) is 0. The average Bonchev–Trinajstić information content (AvgIpc) is 2.37. The van der Waals surface area contributed by atoms with Crippen LogP contribution in [0.3, 0.4) is 0 Å². The highest BCUT2D eigenvalue weighted by Crippen LogP contribution is 2.66. The van der Waals surface area contributed by atoms with Gasteiger partial charge in [-0.1, -0.05) is 20.8 Å². The lowest BCUT2D eigenvalue weighted by Crippen LogP contribution is -2.36. The molecule has 0 amide bonds. The Hall–Kier alpha value is -0.530. The van der Waals surface area contributed by atoms with Crippen LogP contribution < -0.4 is 0 Å². The molecule has 0 aliphatic heterocycles. The molecule has 0 aromatic rings. The molecule has 1 unspecified atom stereocenters. The van der Waals surface area contributed by atoms with Crippen LogP contribution in [0, 0.1) is 16.7 Å². The van der Waals surface area contributed by atoms with Crippen LogP contribution in [0.5, 0.6) is 0 Å². The molecule has 2 aliphatic carbocycles. The van der Waals surface area contributed by atoms with Gasteiger partial charge in [-0.3, -0.25) is 0 Å². The van der Waals surface area contributed by atoms with Crippen molar-refractivity contribution in [1.29, 1.82) is 0 Å². The van der Waals surface area contributed by atoms with Gasteiger partial charge in [-0.25, -0.2) is 4.79 Å². The van der Waals surface area contributed by atoms with Gasteiger partial charge in [-0.05, 0) is 30.6 Å². The third-order valence-electron chi connectivity index (χ3n) is 4.90. The summed E-state index contributed by atoms with van der Waals surface area (Å²) >= 11 is 0. The summed E-state index contributed by atoms with van der Waals surface area (Å²) in [6.07, 6.45) is 3.64. The second-order valence-electron chi connectivity index (χ2n) is 5.30. The summed E-state index contributed by atoms with van der Waals surface area (Å²) in [7, 11) is 0. The Balaban J connectivity index is 2.27. The summed E-state index contributed by atoms with van der Waals surface area (Å²) in [6.45, 7) is 8.47. The molecule has 0 spiro atoms. The molecule has 2 fully saturated rings. The fourth-order valence-corrected chi connectivity index (χ4v) is 3.37. The van der Waals surface area contributed by atoms with Gasteiger partial charge in [0.25, 0.3) is 0 Å². The first-order valence-corrected chi connectivity index (χ1v) is 5.05. The normalized spacial score (nSPS) is 46.4. The first kappa shape index (κ1) is 9.04. The van der Waals surface area contributed by atoms with Gasteiger partial charge in [0.1, 0.15) is 6.10 Å². The molecule has 13 heavy (non-hydrogen) atoms. The van der Waals surface area contributed by atoms with Crippen LogP contribution in [0.2, 0.25) is 0 Å². The van der Waals surface area contributed by atoms with Crippen molar-refractivity contribution in [1.82, 2.24) is 0 Å². The van der Waals surface area contributed by atoms with E-state index in [4.69, 9.17) is 4.74 Å². The van der Waals surface area contributed by atoms with E-state index in [1.807, 2.05) is 0 Å². The van der Waals surface area contributed by atoms with Gasteiger partial charge in [-0.2, -0.15) is 0 Å². The zero-order valence-electron chi connectivity index (χ0n) is 8.59. The Kier molecular flexibility index (Phi) is 1.73. The van der Waals surface area contributed by atoms with Crippen LogP contribution >= 0.6 is 0 Å². The van der Waals surface area contributed by atoms with E-state index in [2.05, 4.69) is 20.8 Å².